The summed E-state index contributed by atoms with van der Waals surface area (Å²) < 4.78 is 0. The predicted molar refractivity (Wildman–Crippen MR) is 97.2 cm³/mol. The third kappa shape index (κ3) is 2.53. The van der Waals surface area contributed by atoms with Gasteiger partial charge in [0, 0.05) is 10.5 Å². The summed E-state index contributed by atoms with van der Waals surface area (Å²) in [5.41, 5.74) is 12.5. The van der Waals surface area contributed by atoms with E-state index in [0.717, 1.165) is 11.1 Å². The molecule has 2 heterocycles. The Morgan fingerprint density at radius 3 is 2.46 bits per heavy atom. The van der Waals surface area contributed by atoms with E-state index in [9.17, 15) is 9.90 Å². The van der Waals surface area contributed by atoms with Gasteiger partial charge in [-0.3, -0.25) is 4.79 Å². The number of H-pyrrole nitrogens is 1. The molecule has 1 aliphatic heterocycles. The fourth-order valence-electron chi connectivity index (χ4n) is 3.06. The first kappa shape index (κ1) is 15.7. The number of hydrogen-bond donors (Lipinski definition) is 2. The summed E-state index contributed by atoms with van der Waals surface area (Å²) in [6.07, 6.45) is 0. The molecule has 0 radical (unpaired) electrons. The second-order valence-electron chi connectivity index (χ2n) is 5.82. The lowest BCUT2D eigenvalue weighted by Crippen LogP contribution is -2.00. The highest BCUT2D eigenvalue weighted by Crippen LogP contribution is 2.37. The van der Waals surface area contributed by atoms with E-state index in [2.05, 4.69) is 20.0 Å². The molecule has 0 unspecified atom stereocenters. The first-order valence-electron chi connectivity index (χ1n) is 7.93. The van der Waals surface area contributed by atoms with Crippen molar-refractivity contribution in [2.45, 2.75) is 6.54 Å². The van der Waals surface area contributed by atoms with Crippen molar-refractivity contribution < 1.29 is 9.90 Å². The van der Waals surface area contributed by atoms with E-state index in [-0.39, 0.29) is 18.3 Å². The highest BCUT2D eigenvalue weighted by Gasteiger charge is 2.33. The zero-order chi connectivity index (χ0) is 18.1. The standard InChI is InChI=1S/C19H13N5O2/c20-24-21-10-11-6-8-13(9-7-11)17-15-14(18(25)23-17)16(22-19(15)26)12-4-2-1-3-5-12/h1-9,22,26H,10H2. The molecule has 4 rings (SSSR count). The second kappa shape index (κ2) is 6.23. The van der Waals surface area contributed by atoms with E-state index in [1.165, 1.54) is 0 Å². The van der Waals surface area contributed by atoms with Gasteiger partial charge in [-0.1, -0.05) is 59.7 Å². The molecule has 2 N–H and O–H groups in total. The van der Waals surface area contributed by atoms with Crippen LogP contribution in [-0.4, -0.2) is 21.7 Å². The van der Waals surface area contributed by atoms with Crippen molar-refractivity contribution in [2.75, 3.05) is 0 Å². The molecule has 0 spiro atoms. The summed E-state index contributed by atoms with van der Waals surface area (Å²) in [7, 11) is 0. The van der Waals surface area contributed by atoms with Crippen molar-refractivity contribution in [1.29, 1.82) is 0 Å². The molecule has 0 aliphatic carbocycles. The maximum atomic E-state index is 12.5. The number of nitrogens with zero attached hydrogens (tertiary/aromatic N) is 4. The summed E-state index contributed by atoms with van der Waals surface area (Å²) in [4.78, 5) is 22.3. The molecule has 1 aromatic heterocycles. The normalized spacial score (nSPS) is 12.5. The maximum absolute atomic E-state index is 12.5. The van der Waals surface area contributed by atoms with Crippen molar-refractivity contribution in [2.24, 2.45) is 10.1 Å². The van der Waals surface area contributed by atoms with Crippen LogP contribution in [0.15, 0.2) is 64.7 Å². The van der Waals surface area contributed by atoms with Gasteiger partial charge < -0.3 is 10.1 Å². The quantitative estimate of drug-likeness (QED) is 0.420. The molecular formula is C19H13N5O2. The number of carbonyl (C=O) groups is 1. The van der Waals surface area contributed by atoms with Gasteiger partial charge in [-0.15, -0.1) is 0 Å². The Balaban J connectivity index is 1.77. The maximum Gasteiger partial charge on any atom is 0.280 e. The van der Waals surface area contributed by atoms with E-state index in [4.69, 9.17) is 5.53 Å². The minimum absolute atomic E-state index is 0.0818. The first-order valence-corrected chi connectivity index (χ1v) is 7.93. The largest absolute Gasteiger partial charge is 0.494 e. The number of azide groups is 1. The Hall–Kier alpha value is -3.83. The van der Waals surface area contributed by atoms with E-state index in [1.807, 2.05) is 30.3 Å². The lowest BCUT2D eigenvalue weighted by Gasteiger charge is -2.03. The zero-order valence-corrected chi connectivity index (χ0v) is 13.5. The molecule has 1 amide bonds. The predicted octanol–water partition coefficient (Wildman–Crippen LogP) is 4.19. The van der Waals surface area contributed by atoms with Gasteiger partial charge in [0.15, 0.2) is 5.88 Å². The number of aromatic hydroxyl groups is 1. The van der Waals surface area contributed by atoms with Crippen LogP contribution in [0, 0.1) is 0 Å². The van der Waals surface area contributed by atoms with Crippen molar-refractivity contribution >= 4 is 11.6 Å². The minimum Gasteiger partial charge on any atom is -0.494 e. The Morgan fingerprint density at radius 1 is 1.04 bits per heavy atom. The van der Waals surface area contributed by atoms with Crippen molar-refractivity contribution in [1.82, 2.24) is 4.98 Å². The first-order chi connectivity index (χ1) is 12.7. The van der Waals surface area contributed by atoms with Crippen LogP contribution in [0.3, 0.4) is 0 Å². The topological polar surface area (TPSA) is 114 Å². The van der Waals surface area contributed by atoms with Crippen LogP contribution >= 0.6 is 0 Å². The average molecular weight is 343 g/mol. The van der Waals surface area contributed by atoms with Crippen LogP contribution < -0.4 is 0 Å². The lowest BCUT2D eigenvalue weighted by molar-refractivity contribution is 0.101. The number of fused-ring (bicyclic) bond motifs is 1. The smallest absolute Gasteiger partial charge is 0.280 e. The molecule has 3 aromatic rings. The molecule has 0 fully saturated rings. The highest BCUT2D eigenvalue weighted by molar-refractivity contribution is 6.30. The number of aliphatic imine (C=N–C) groups is 1. The van der Waals surface area contributed by atoms with Crippen LogP contribution in [0.2, 0.25) is 0 Å². The summed E-state index contributed by atoms with van der Waals surface area (Å²) in [6.45, 7) is 0.251. The monoisotopic (exact) mass is 343 g/mol. The molecule has 0 bridgehead atoms. The van der Waals surface area contributed by atoms with Crippen LogP contribution in [-0.2, 0) is 6.54 Å². The van der Waals surface area contributed by atoms with Gasteiger partial charge in [-0.05, 0) is 16.7 Å². The number of benzene rings is 2. The Morgan fingerprint density at radius 2 is 1.77 bits per heavy atom. The van der Waals surface area contributed by atoms with Gasteiger partial charge in [0.1, 0.15) is 0 Å². The number of aromatic nitrogens is 1. The lowest BCUT2D eigenvalue weighted by atomic mass is 9.99. The second-order valence-corrected chi connectivity index (χ2v) is 5.82. The molecule has 7 nitrogen and oxygen atoms in total. The molecule has 1 aliphatic rings. The van der Waals surface area contributed by atoms with Crippen LogP contribution in [0.1, 0.15) is 27.0 Å². The van der Waals surface area contributed by atoms with Crippen LogP contribution in [0.5, 0.6) is 5.88 Å². The van der Waals surface area contributed by atoms with Crippen molar-refractivity contribution in [3.8, 4) is 17.1 Å². The van der Waals surface area contributed by atoms with Gasteiger partial charge in [-0.25, -0.2) is 4.99 Å². The Bertz CT molecular complexity index is 1080. The van der Waals surface area contributed by atoms with E-state index >= 15 is 0 Å². The minimum atomic E-state index is -0.386. The average Bonchev–Trinajstić information content (AvgIpc) is 3.20. The van der Waals surface area contributed by atoms with Crippen LogP contribution in [0.4, 0.5) is 0 Å². The molecule has 26 heavy (non-hydrogen) atoms. The summed E-state index contributed by atoms with van der Waals surface area (Å²) >= 11 is 0. The van der Waals surface area contributed by atoms with Gasteiger partial charge in [0.2, 0.25) is 0 Å². The third-order valence-corrected chi connectivity index (χ3v) is 4.25. The molecule has 0 saturated carbocycles. The molecular weight excluding hydrogens is 330 g/mol. The van der Waals surface area contributed by atoms with Gasteiger partial charge >= 0.3 is 0 Å². The highest BCUT2D eigenvalue weighted by atomic mass is 16.3. The van der Waals surface area contributed by atoms with Crippen molar-refractivity contribution in [3.05, 3.63) is 87.3 Å². The summed E-state index contributed by atoms with van der Waals surface area (Å²) in [5, 5.41) is 13.9. The summed E-state index contributed by atoms with van der Waals surface area (Å²) in [5.74, 6) is -0.467. The Labute approximate surface area is 148 Å². The summed E-state index contributed by atoms with van der Waals surface area (Å²) in [6, 6.07) is 16.5. The fourth-order valence-corrected chi connectivity index (χ4v) is 3.06. The zero-order valence-electron chi connectivity index (χ0n) is 13.5. The molecule has 126 valence electrons. The fraction of sp³-hybridized carbons (Fsp3) is 0.0526. The molecule has 0 saturated heterocycles. The van der Waals surface area contributed by atoms with Gasteiger partial charge in [0.25, 0.3) is 5.91 Å². The molecule has 2 aromatic carbocycles. The van der Waals surface area contributed by atoms with Gasteiger partial charge in [-0.2, -0.15) is 0 Å². The van der Waals surface area contributed by atoms with Crippen molar-refractivity contribution in [3.63, 3.8) is 0 Å². The number of hydrogen-bond acceptors (Lipinski definition) is 3. The number of carbonyl (C=O) groups excluding carboxylic acids is 1. The Kier molecular flexibility index (Phi) is 3.76. The van der Waals surface area contributed by atoms with E-state index in [1.54, 1.807) is 24.3 Å². The van der Waals surface area contributed by atoms with Crippen LogP contribution in [0.25, 0.3) is 21.7 Å². The molecule has 7 heteroatoms. The third-order valence-electron chi connectivity index (χ3n) is 4.25. The molecule has 0 atom stereocenters. The SMILES string of the molecule is [N-]=[N+]=NCc1ccc(C2=NC(=O)c3c(-c4ccccc4)[nH]c(O)c32)cc1. The number of nitrogens with one attached hydrogen (secondary N) is 1. The number of rotatable bonds is 4. The number of aromatic amines is 1. The van der Waals surface area contributed by atoms with E-state index < -0.39 is 0 Å². The number of amides is 1. The van der Waals surface area contributed by atoms with Gasteiger partial charge in [0.05, 0.1) is 29.1 Å². The van der Waals surface area contributed by atoms with E-state index in [0.29, 0.717) is 28.1 Å².